The summed E-state index contributed by atoms with van der Waals surface area (Å²) in [4.78, 5) is 0. The second-order valence-electron chi connectivity index (χ2n) is 4.37. The van der Waals surface area contributed by atoms with Crippen LogP contribution >= 0.6 is 0 Å². The topological polar surface area (TPSA) is 76.0 Å². The van der Waals surface area contributed by atoms with Crippen molar-refractivity contribution in [2.24, 2.45) is 7.05 Å². The van der Waals surface area contributed by atoms with Crippen molar-refractivity contribution in [1.82, 2.24) is 15.1 Å². The van der Waals surface area contributed by atoms with E-state index in [-0.39, 0.29) is 11.8 Å². The number of aromatic nitrogens is 2. The third-order valence-corrected chi connectivity index (χ3v) is 4.28. The molecule has 1 aromatic rings. The van der Waals surface area contributed by atoms with Crippen LogP contribution in [0.2, 0.25) is 0 Å². The minimum atomic E-state index is -3.30. The molecule has 1 saturated heterocycles. The van der Waals surface area contributed by atoms with E-state index in [0.717, 1.165) is 25.8 Å². The number of aryl methyl sites for hydroxylation is 1. The van der Waals surface area contributed by atoms with Crippen LogP contribution < -0.4 is 10.0 Å². The molecule has 0 spiro atoms. The van der Waals surface area contributed by atoms with Gasteiger partial charge in [0.2, 0.25) is 10.0 Å². The van der Waals surface area contributed by atoms with Crippen molar-refractivity contribution < 1.29 is 8.42 Å². The van der Waals surface area contributed by atoms with E-state index in [2.05, 4.69) is 15.1 Å². The fraction of sp³-hybridized carbons (Fsp3) is 0.700. The van der Waals surface area contributed by atoms with Crippen LogP contribution in [0, 0.1) is 0 Å². The fourth-order valence-corrected chi connectivity index (χ4v) is 3.42. The Kier molecular flexibility index (Phi) is 3.68. The molecule has 0 bridgehead atoms. The lowest BCUT2D eigenvalue weighted by atomic mass is 10.1. The van der Waals surface area contributed by atoms with Crippen LogP contribution in [0.1, 0.15) is 19.3 Å². The Bertz CT molecular complexity index is 462. The van der Waals surface area contributed by atoms with Gasteiger partial charge in [0.25, 0.3) is 0 Å². The molecule has 2 heterocycles. The number of rotatable bonds is 4. The average molecular weight is 258 g/mol. The molecule has 1 atom stereocenters. The monoisotopic (exact) mass is 258 g/mol. The summed E-state index contributed by atoms with van der Waals surface area (Å²) in [6.45, 7) is 0.909. The largest absolute Gasteiger partial charge is 0.313 e. The summed E-state index contributed by atoms with van der Waals surface area (Å²) < 4.78 is 27.9. The van der Waals surface area contributed by atoms with Crippen molar-refractivity contribution in [3.63, 3.8) is 0 Å². The third-order valence-electron chi connectivity index (χ3n) is 2.91. The van der Waals surface area contributed by atoms with E-state index in [1.54, 1.807) is 19.3 Å². The molecular formula is C10H18N4O2S. The highest BCUT2D eigenvalue weighted by Crippen LogP contribution is 2.12. The zero-order chi connectivity index (χ0) is 12.3. The van der Waals surface area contributed by atoms with Gasteiger partial charge in [-0.25, -0.2) is 8.42 Å². The standard InChI is InChI=1S/C10H18N4O2S/c1-14-10(5-7-12-14)13-17(15,16)8-9-4-2-3-6-11-9/h5,7,9,11,13H,2-4,6,8H2,1H3. The second kappa shape index (κ2) is 5.05. The third kappa shape index (κ3) is 3.44. The Labute approximate surface area is 101 Å². The van der Waals surface area contributed by atoms with Crippen molar-refractivity contribution >= 4 is 15.8 Å². The van der Waals surface area contributed by atoms with Crippen LogP contribution in [0.5, 0.6) is 0 Å². The minimum Gasteiger partial charge on any atom is -0.313 e. The van der Waals surface area contributed by atoms with Gasteiger partial charge in [0.15, 0.2) is 0 Å². The van der Waals surface area contributed by atoms with Crippen LogP contribution in [-0.2, 0) is 17.1 Å². The molecule has 1 aliphatic heterocycles. The molecule has 0 saturated carbocycles. The summed E-state index contributed by atoms with van der Waals surface area (Å²) in [5.41, 5.74) is 0. The molecule has 17 heavy (non-hydrogen) atoms. The van der Waals surface area contributed by atoms with Gasteiger partial charge in [-0.2, -0.15) is 5.10 Å². The molecule has 0 amide bonds. The highest BCUT2D eigenvalue weighted by Gasteiger charge is 2.21. The predicted molar refractivity (Wildman–Crippen MR) is 66.3 cm³/mol. The Balaban J connectivity index is 1.97. The number of anilines is 1. The van der Waals surface area contributed by atoms with Gasteiger partial charge in [-0.3, -0.25) is 9.40 Å². The summed E-state index contributed by atoms with van der Waals surface area (Å²) in [7, 11) is -1.59. The maximum Gasteiger partial charge on any atom is 0.235 e. The van der Waals surface area contributed by atoms with Crippen LogP contribution in [0.4, 0.5) is 5.82 Å². The molecule has 2 rings (SSSR count). The molecule has 1 aliphatic rings. The van der Waals surface area contributed by atoms with Crippen LogP contribution in [-0.4, -0.2) is 36.5 Å². The molecule has 0 aromatic carbocycles. The zero-order valence-electron chi connectivity index (χ0n) is 9.89. The number of piperidine rings is 1. The van der Waals surface area contributed by atoms with Crippen molar-refractivity contribution in [3.05, 3.63) is 12.3 Å². The number of hydrogen-bond acceptors (Lipinski definition) is 4. The molecular weight excluding hydrogens is 240 g/mol. The first-order valence-corrected chi connectivity index (χ1v) is 7.44. The smallest absolute Gasteiger partial charge is 0.235 e. The first kappa shape index (κ1) is 12.4. The summed E-state index contributed by atoms with van der Waals surface area (Å²) >= 11 is 0. The van der Waals surface area contributed by atoms with E-state index in [9.17, 15) is 8.42 Å². The van der Waals surface area contributed by atoms with Crippen LogP contribution in [0.3, 0.4) is 0 Å². The molecule has 2 N–H and O–H groups in total. The van der Waals surface area contributed by atoms with Gasteiger partial charge in [-0.1, -0.05) is 6.42 Å². The van der Waals surface area contributed by atoms with E-state index >= 15 is 0 Å². The number of hydrogen-bond donors (Lipinski definition) is 2. The molecule has 1 aromatic heterocycles. The predicted octanol–water partition coefficient (Wildman–Crippen LogP) is 0.304. The lowest BCUT2D eigenvalue weighted by molar-refractivity contribution is 0.424. The van der Waals surface area contributed by atoms with Crippen molar-refractivity contribution in [3.8, 4) is 0 Å². The number of nitrogens with one attached hydrogen (secondary N) is 2. The van der Waals surface area contributed by atoms with E-state index in [1.165, 1.54) is 4.68 Å². The van der Waals surface area contributed by atoms with E-state index in [0.29, 0.717) is 5.82 Å². The van der Waals surface area contributed by atoms with Gasteiger partial charge in [0.05, 0.1) is 11.9 Å². The van der Waals surface area contributed by atoms with Gasteiger partial charge in [0, 0.05) is 19.2 Å². The first-order valence-electron chi connectivity index (χ1n) is 5.79. The van der Waals surface area contributed by atoms with Crippen LogP contribution in [0.15, 0.2) is 12.3 Å². The molecule has 0 aliphatic carbocycles. The lowest BCUT2D eigenvalue weighted by Crippen LogP contribution is -2.40. The van der Waals surface area contributed by atoms with Gasteiger partial charge < -0.3 is 5.32 Å². The van der Waals surface area contributed by atoms with E-state index < -0.39 is 10.0 Å². The quantitative estimate of drug-likeness (QED) is 0.814. The molecule has 7 heteroatoms. The first-order chi connectivity index (χ1) is 8.07. The highest BCUT2D eigenvalue weighted by atomic mass is 32.2. The maximum atomic E-state index is 11.9. The zero-order valence-corrected chi connectivity index (χ0v) is 10.7. The van der Waals surface area contributed by atoms with Crippen LogP contribution in [0.25, 0.3) is 0 Å². The average Bonchev–Trinajstić information content (AvgIpc) is 2.64. The minimum absolute atomic E-state index is 0.0643. The molecule has 6 nitrogen and oxygen atoms in total. The normalized spacial score (nSPS) is 21.4. The lowest BCUT2D eigenvalue weighted by Gasteiger charge is -2.23. The van der Waals surface area contributed by atoms with Gasteiger partial charge in [0.1, 0.15) is 5.82 Å². The summed E-state index contributed by atoms with van der Waals surface area (Å²) in [6.07, 6.45) is 4.72. The SMILES string of the molecule is Cn1nccc1NS(=O)(=O)CC1CCCCN1. The summed E-state index contributed by atoms with van der Waals surface area (Å²) in [5, 5.41) is 7.15. The molecule has 0 radical (unpaired) electrons. The van der Waals surface area contributed by atoms with Gasteiger partial charge >= 0.3 is 0 Å². The maximum absolute atomic E-state index is 11.9. The Hall–Kier alpha value is -1.08. The number of nitrogens with zero attached hydrogens (tertiary/aromatic N) is 2. The van der Waals surface area contributed by atoms with Crippen molar-refractivity contribution in [2.45, 2.75) is 25.3 Å². The van der Waals surface area contributed by atoms with Gasteiger partial charge in [-0.15, -0.1) is 0 Å². The fourth-order valence-electron chi connectivity index (χ4n) is 2.01. The summed E-state index contributed by atoms with van der Waals surface area (Å²) in [5.74, 6) is 0.624. The Morgan fingerprint density at radius 2 is 2.41 bits per heavy atom. The number of sulfonamides is 1. The molecule has 96 valence electrons. The Morgan fingerprint density at radius 3 is 3.00 bits per heavy atom. The summed E-state index contributed by atoms with van der Waals surface area (Å²) in [6, 6.07) is 1.71. The van der Waals surface area contributed by atoms with Gasteiger partial charge in [-0.05, 0) is 19.4 Å². The van der Waals surface area contributed by atoms with E-state index in [4.69, 9.17) is 0 Å². The van der Waals surface area contributed by atoms with E-state index in [1.807, 2.05) is 0 Å². The second-order valence-corrected chi connectivity index (χ2v) is 6.14. The highest BCUT2D eigenvalue weighted by molar-refractivity contribution is 7.92. The Morgan fingerprint density at radius 1 is 1.59 bits per heavy atom. The molecule has 1 unspecified atom stereocenters. The van der Waals surface area contributed by atoms with Crippen molar-refractivity contribution in [1.29, 1.82) is 0 Å². The molecule has 1 fully saturated rings. The van der Waals surface area contributed by atoms with Crippen molar-refractivity contribution in [2.75, 3.05) is 17.0 Å².